The highest BCUT2D eigenvalue weighted by molar-refractivity contribution is 7.86. The molecule has 2 aromatic heterocycles. The Labute approximate surface area is 378 Å². The maximum absolute atomic E-state index is 14.8. The van der Waals surface area contributed by atoms with E-state index >= 15 is 0 Å². The van der Waals surface area contributed by atoms with Crippen LogP contribution in [-0.4, -0.2) is 35.1 Å². The second-order valence-corrected chi connectivity index (χ2v) is 18.7. The maximum atomic E-state index is 14.8. The largest absolute Gasteiger partial charge is 0.456 e. The fourth-order valence-corrected chi connectivity index (χ4v) is 9.73. The summed E-state index contributed by atoms with van der Waals surface area (Å²) in [6, 6.07) is 46.6. The quantitative estimate of drug-likeness (QED) is 0.0683. The molecule has 0 spiro atoms. The molecule has 0 radical (unpaired) electrons. The minimum atomic E-state index is -4.75. The first-order valence-corrected chi connectivity index (χ1v) is 23.9. The summed E-state index contributed by atoms with van der Waals surface area (Å²) in [5, 5.41) is 2.65. The van der Waals surface area contributed by atoms with E-state index in [0.717, 1.165) is 34.7 Å². The molecule has 0 saturated heterocycles. The highest BCUT2D eigenvalue weighted by atomic mass is 32.2. The van der Waals surface area contributed by atoms with Crippen LogP contribution in [0.2, 0.25) is 0 Å². The first-order chi connectivity index (χ1) is 31.8. The molecule has 0 aliphatic rings. The maximum Gasteiger partial charge on any atom is 0.294 e. The standard InChI is InChI=1S/C52H38N2O10S2/c1-2-3-28-53-51(55)40-30-45(63-43-21-13-11-18-37(43)32-14-6-4-7-15-32)48-38-19-10-12-20-42(38)54(34-16-8-5-9-17-34)50-46(31-41(52(53)56)47(40)49(48)50)64-44-27-26-36(66(60,61)62)29-39(44)33-22-24-35(25-23-33)65(57,58)59/h4-27,29-31H,2-3,28H2,1H3,(H,57,58,59)(H,60,61,62). The van der Waals surface area contributed by atoms with Crippen molar-refractivity contribution < 1.29 is 35.4 Å². The van der Waals surface area contributed by atoms with Gasteiger partial charge in [-0.25, -0.2) is 0 Å². The van der Waals surface area contributed by atoms with Crippen molar-refractivity contribution in [3.8, 4) is 50.9 Å². The highest BCUT2D eigenvalue weighted by Crippen LogP contribution is 2.49. The molecule has 0 unspecified atom stereocenters. The Morgan fingerprint density at radius 1 is 0.500 bits per heavy atom. The number of pyridine rings is 2. The molecule has 0 saturated carbocycles. The van der Waals surface area contributed by atoms with Crippen molar-refractivity contribution in [3.63, 3.8) is 0 Å². The number of unbranched alkanes of at least 4 members (excludes halogenated alkanes) is 1. The van der Waals surface area contributed by atoms with Crippen molar-refractivity contribution in [2.24, 2.45) is 0 Å². The van der Waals surface area contributed by atoms with Crippen molar-refractivity contribution in [1.82, 2.24) is 9.13 Å². The van der Waals surface area contributed by atoms with Crippen molar-refractivity contribution >= 4 is 63.6 Å². The highest BCUT2D eigenvalue weighted by Gasteiger charge is 2.28. The van der Waals surface area contributed by atoms with Crippen LogP contribution < -0.4 is 20.6 Å². The molecule has 0 aliphatic carbocycles. The van der Waals surface area contributed by atoms with E-state index in [1.54, 1.807) is 12.1 Å². The van der Waals surface area contributed by atoms with Gasteiger partial charge in [0.25, 0.3) is 31.4 Å². The number of rotatable bonds is 12. The normalized spacial score (nSPS) is 12.1. The van der Waals surface area contributed by atoms with Gasteiger partial charge in [-0.15, -0.1) is 0 Å². The number of benzene rings is 8. The zero-order valence-electron chi connectivity index (χ0n) is 35.1. The second-order valence-electron chi connectivity index (χ2n) is 15.8. The van der Waals surface area contributed by atoms with Crippen LogP contribution in [0.5, 0.6) is 23.0 Å². The SMILES string of the molecule is CCCCn1c(=O)c2cc(Oc3ccccc3-c3ccccc3)c3c4ccccc4n(-c4ccccc4)c4c(Oc5ccc(S(=O)(=O)O)cc5-c5ccc(S(=O)(=O)O)cc5)cc(c1=O)c2c34. The van der Waals surface area contributed by atoms with Gasteiger partial charge in [-0.2, -0.15) is 16.8 Å². The minimum absolute atomic E-state index is 0.0600. The van der Waals surface area contributed by atoms with Gasteiger partial charge in [0.15, 0.2) is 5.75 Å². The van der Waals surface area contributed by atoms with Gasteiger partial charge in [-0.05, 0) is 84.3 Å². The Bertz CT molecular complexity index is 3890. The van der Waals surface area contributed by atoms with E-state index in [4.69, 9.17) is 9.47 Å². The van der Waals surface area contributed by atoms with E-state index in [1.807, 2.05) is 121 Å². The van der Waals surface area contributed by atoms with E-state index in [2.05, 4.69) is 0 Å². The van der Waals surface area contributed by atoms with E-state index in [0.29, 0.717) is 57.2 Å². The number of ether oxygens (including phenoxy) is 2. The number of fused-ring (bicyclic) bond motifs is 2. The van der Waals surface area contributed by atoms with Crippen molar-refractivity contribution in [2.45, 2.75) is 36.1 Å². The summed E-state index contributed by atoms with van der Waals surface area (Å²) in [7, 11) is -9.34. The third kappa shape index (κ3) is 7.35. The van der Waals surface area contributed by atoms with Crippen LogP contribution in [0.1, 0.15) is 19.8 Å². The molecule has 328 valence electrons. The van der Waals surface area contributed by atoms with E-state index < -0.39 is 41.1 Å². The van der Waals surface area contributed by atoms with Gasteiger partial charge in [-0.3, -0.25) is 23.3 Å². The number of aromatic nitrogens is 2. The molecular weight excluding hydrogens is 877 g/mol. The monoisotopic (exact) mass is 914 g/mol. The zero-order chi connectivity index (χ0) is 45.9. The molecule has 0 bridgehead atoms. The minimum Gasteiger partial charge on any atom is -0.456 e. The summed E-state index contributed by atoms with van der Waals surface area (Å²) in [4.78, 5) is 28.8. The van der Waals surface area contributed by atoms with Crippen molar-refractivity contribution in [2.75, 3.05) is 0 Å². The number of para-hydroxylation sites is 3. The Kier molecular flexibility index (Phi) is 10.5. The lowest BCUT2D eigenvalue weighted by molar-refractivity contribution is 0.479. The third-order valence-electron chi connectivity index (χ3n) is 11.8. The summed E-state index contributed by atoms with van der Waals surface area (Å²) < 4.78 is 86.2. The third-order valence-corrected chi connectivity index (χ3v) is 13.5. The first-order valence-electron chi connectivity index (χ1n) is 21.0. The lowest BCUT2D eigenvalue weighted by Crippen LogP contribution is -2.33. The van der Waals surface area contributed by atoms with Crippen LogP contribution in [0.3, 0.4) is 0 Å². The summed E-state index contributed by atoms with van der Waals surface area (Å²) in [5.41, 5.74) is 2.96. The van der Waals surface area contributed by atoms with Crippen molar-refractivity contribution in [1.29, 1.82) is 0 Å². The summed E-state index contributed by atoms with van der Waals surface area (Å²) >= 11 is 0. The lowest BCUT2D eigenvalue weighted by atomic mass is 9.93. The predicted molar refractivity (Wildman–Crippen MR) is 256 cm³/mol. The number of hydrogen-bond donors (Lipinski definition) is 2. The van der Waals surface area contributed by atoms with E-state index in [1.165, 1.54) is 28.8 Å². The zero-order valence-corrected chi connectivity index (χ0v) is 36.7. The van der Waals surface area contributed by atoms with Crippen LogP contribution in [0.4, 0.5) is 0 Å². The molecule has 0 amide bonds. The van der Waals surface area contributed by atoms with Gasteiger partial charge in [0.1, 0.15) is 17.2 Å². The van der Waals surface area contributed by atoms with Gasteiger partial charge in [-0.1, -0.05) is 110 Å². The summed E-state index contributed by atoms with van der Waals surface area (Å²) in [6.07, 6.45) is 1.27. The Morgan fingerprint density at radius 2 is 1.06 bits per heavy atom. The van der Waals surface area contributed by atoms with Gasteiger partial charge >= 0.3 is 0 Å². The van der Waals surface area contributed by atoms with Gasteiger partial charge in [0.05, 0.1) is 31.6 Å². The number of hydrogen-bond acceptors (Lipinski definition) is 8. The lowest BCUT2D eigenvalue weighted by Gasteiger charge is -2.25. The molecule has 0 fully saturated rings. The molecular formula is C52H38N2O10S2. The molecule has 14 heteroatoms. The van der Waals surface area contributed by atoms with E-state index in [9.17, 15) is 35.5 Å². The Morgan fingerprint density at radius 3 is 1.74 bits per heavy atom. The molecule has 10 rings (SSSR count). The summed E-state index contributed by atoms with van der Waals surface area (Å²) in [6.45, 7) is 2.12. The molecule has 66 heavy (non-hydrogen) atoms. The van der Waals surface area contributed by atoms with Crippen molar-refractivity contribution in [3.05, 3.63) is 184 Å². The van der Waals surface area contributed by atoms with Crippen LogP contribution in [0.15, 0.2) is 183 Å². The molecule has 0 aliphatic heterocycles. The molecule has 2 N–H and O–H groups in total. The molecule has 0 atom stereocenters. The van der Waals surface area contributed by atoms with Crippen LogP contribution in [0, 0.1) is 0 Å². The van der Waals surface area contributed by atoms with Gasteiger partial charge < -0.3 is 14.0 Å². The average molecular weight is 915 g/mol. The molecule has 12 nitrogen and oxygen atoms in total. The fourth-order valence-electron chi connectivity index (χ4n) is 8.74. The van der Waals surface area contributed by atoms with Gasteiger partial charge in [0, 0.05) is 44.9 Å². The smallest absolute Gasteiger partial charge is 0.294 e. The van der Waals surface area contributed by atoms with Crippen LogP contribution >= 0.6 is 0 Å². The summed E-state index contributed by atoms with van der Waals surface area (Å²) in [5.74, 6) is 1.07. The topological polar surface area (TPSA) is 171 Å². The molecule has 8 aromatic carbocycles. The van der Waals surface area contributed by atoms with Gasteiger partial charge in [0.2, 0.25) is 0 Å². The van der Waals surface area contributed by atoms with Crippen LogP contribution in [0.25, 0.3) is 71.3 Å². The van der Waals surface area contributed by atoms with Crippen LogP contribution in [-0.2, 0) is 26.8 Å². The predicted octanol–water partition coefficient (Wildman–Crippen LogP) is 11.3. The fraction of sp³-hybridized carbons (Fsp3) is 0.0769. The molecule has 10 aromatic rings. The Balaban J connectivity index is 1.36. The Hall–Kier alpha value is -7.62. The first kappa shape index (κ1) is 42.3. The number of nitrogens with zero attached hydrogens (tertiary/aromatic N) is 2. The van der Waals surface area contributed by atoms with E-state index in [-0.39, 0.29) is 39.9 Å². The second kappa shape index (κ2) is 16.4. The average Bonchev–Trinajstić information content (AvgIpc) is 3.32. The molecule has 2 heterocycles.